The number of rotatable bonds is 10. The Labute approximate surface area is 201 Å². The largest absolute Gasteiger partial charge is 0.462 e. The first-order valence-corrected chi connectivity index (χ1v) is 13.6. The normalized spacial score (nSPS) is 37.0. The third-order valence-electron chi connectivity index (χ3n) is 9.78. The fourth-order valence-electron chi connectivity index (χ4n) is 7.83. The van der Waals surface area contributed by atoms with Crippen LogP contribution in [0.2, 0.25) is 0 Å². The van der Waals surface area contributed by atoms with Crippen LogP contribution in [0.3, 0.4) is 0 Å². The molecule has 0 spiro atoms. The summed E-state index contributed by atoms with van der Waals surface area (Å²) in [5.41, 5.74) is 1.51. The minimum atomic E-state index is 0.0187. The summed E-state index contributed by atoms with van der Waals surface area (Å²) in [4.78, 5) is 24.6. The highest BCUT2D eigenvalue weighted by atomic mass is 16.5. The van der Waals surface area contributed by atoms with Crippen molar-refractivity contribution in [3.63, 3.8) is 0 Å². The summed E-state index contributed by atoms with van der Waals surface area (Å²) in [6.45, 7) is 8.53. The predicted octanol–water partition coefficient (Wildman–Crippen LogP) is 7.51. The van der Waals surface area contributed by atoms with E-state index in [9.17, 15) is 9.59 Å². The Balaban J connectivity index is 1.28. The number of hydrogen-bond donors (Lipinski definition) is 0. The van der Waals surface area contributed by atoms with Gasteiger partial charge in [-0.05, 0) is 87.7 Å². The summed E-state index contributed by atoms with van der Waals surface area (Å²) in [6, 6.07) is 0. The zero-order valence-corrected chi connectivity index (χ0v) is 21.0. The minimum Gasteiger partial charge on any atom is -0.462 e. The van der Waals surface area contributed by atoms with Gasteiger partial charge < -0.3 is 4.74 Å². The molecule has 4 aliphatic carbocycles. The monoisotopic (exact) mass is 452 g/mol. The minimum absolute atomic E-state index is 0.0187. The molecular weight excluding hydrogens is 408 g/mol. The number of fused-ring (bicyclic) bond motifs is 5. The van der Waals surface area contributed by atoms with Crippen LogP contribution < -0.4 is 0 Å². The molecule has 0 saturated heterocycles. The molecule has 0 N–H and O–H groups in total. The lowest BCUT2D eigenvalue weighted by molar-refractivity contribution is -0.159. The van der Waals surface area contributed by atoms with Crippen molar-refractivity contribution in [1.82, 2.24) is 0 Å². The molecule has 0 aliphatic heterocycles. The van der Waals surface area contributed by atoms with Crippen molar-refractivity contribution in [1.29, 1.82) is 0 Å². The molecule has 0 bridgehead atoms. The summed E-state index contributed by atoms with van der Waals surface area (Å²) < 4.78 is 6.15. The summed E-state index contributed by atoms with van der Waals surface area (Å²) in [6.07, 6.45) is 23.4. The van der Waals surface area contributed by atoms with Gasteiger partial charge in [-0.2, -0.15) is 0 Å². The van der Waals surface area contributed by atoms with Crippen LogP contribution in [-0.4, -0.2) is 17.9 Å². The number of ether oxygens (including phenoxy) is 1. The van der Waals surface area contributed by atoms with Gasteiger partial charge in [0.2, 0.25) is 0 Å². The second-order valence-electron chi connectivity index (χ2n) is 11.7. The lowest BCUT2D eigenvalue weighted by atomic mass is 9.48. The van der Waals surface area contributed by atoms with E-state index in [2.05, 4.69) is 26.5 Å². The van der Waals surface area contributed by atoms with Gasteiger partial charge in [-0.25, -0.2) is 0 Å². The van der Waals surface area contributed by atoms with Gasteiger partial charge in [0.15, 0.2) is 5.78 Å². The number of ketones is 1. The molecule has 182 valence electrons. The molecule has 0 amide bonds. The van der Waals surface area contributed by atoms with Gasteiger partial charge >= 0.3 is 5.97 Å². The van der Waals surface area contributed by atoms with E-state index in [1.807, 2.05) is 12.2 Å². The SMILES string of the molecule is C=CCCCCCCCCC(=O)O[C@H]1CC[C@@H]2[C@H]3CCC4=CC(=O)C=C[C@]4(C)[C@@H]3CC[C@]12C. The van der Waals surface area contributed by atoms with Gasteiger partial charge in [0.1, 0.15) is 6.10 Å². The van der Waals surface area contributed by atoms with Crippen molar-refractivity contribution < 1.29 is 14.3 Å². The maximum Gasteiger partial charge on any atom is 0.306 e. The Bertz CT molecular complexity index is 807. The van der Waals surface area contributed by atoms with Crippen LogP contribution in [0, 0.1) is 28.6 Å². The highest BCUT2D eigenvalue weighted by Crippen LogP contribution is 2.64. The molecule has 3 heteroatoms. The maximum atomic E-state index is 12.7. The first-order valence-electron chi connectivity index (χ1n) is 13.6. The standard InChI is InChI=1S/C30H44O3/c1-4-5-6-7-8-9-10-11-12-28(32)33-27-16-15-25-24-14-13-22-21-23(31)17-19-29(22,2)26(24)18-20-30(25,27)3/h4,17,19,21,24-27H,1,5-16,18,20H2,2-3H3/t24-,25-,26-,27+,29+,30+/m1/s1. The molecule has 6 atom stereocenters. The lowest BCUT2D eigenvalue weighted by Gasteiger charge is -2.56. The van der Waals surface area contributed by atoms with Crippen LogP contribution >= 0.6 is 0 Å². The third-order valence-corrected chi connectivity index (χ3v) is 9.78. The molecule has 0 aromatic carbocycles. The molecule has 0 heterocycles. The van der Waals surface area contributed by atoms with E-state index in [1.54, 1.807) is 6.08 Å². The first kappa shape index (κ1) is 24.5. The van der Waals surface area contributed by atoms with Crippen molar-refractivity contribution in [3.8, 4) is 0 Å². The Morgan fingerprint density at radius 2 is 1.82 bits per heavy atom. The molecular formula is C30H44O3. The number of carbonyl (C=O) groups excluding carboxylic acids is 2. The second-order valence-corrected chi connectivity index (χ2v) is 11.7. The van der Waals surface area contributed by atoms with Crippen LogP contribution in [-0.2, 0) is 14.3 Å². The third kappa shape index (κ3) is 4.93. The molecule has 0 aromatic rings. The summed E-state index contributed by atoms with van der Waals surface area (Å²) in [5, 5.41) is 0. The molecule has 0 aromatic heterocycles. The number of esters is 1. The van der Waals surface area contributed by atoms with Crippen molar-refractivity contribution in [2.75, 3.05) is 0 Å². The molecule has 4 rings (SSSR count). The van der Waals surface area contributed by atoms with Crippen LogP contribution in [0.1, 0.15) is 104 Å². The fourth-order valence-corrected chi connectivity index (χ4v) is 7.83. The molecule has 3 fully saturated rings. The Kier molecular flexibility index (Phi) is 7.66. The average Bonchev–Trinajstić information content (AvgIpc) is 3.12. The van der Waals surface area contributed by atoms with E-state index >= 15 is 0 Å². The maximum absolute atomic E-state index is 12.7. The van der Waals surface area contributed by atoms with Crippen LogP contribution in [0.5, 0.6) is 0 Å². The Hall–Kier alpha value is -1.64. The van der Waals surface area contributed by atoms with E-state index < -0.39 is 0 Å². The van der Waals surface area contributed by atoms with Crippen molar-refractivity contribution in [3.05, 3.63) is 36.5 Å². The molecule has 3 saturated carbocycles. The summed E-state index contributed by atoms with van der Waals surface area (Å²) >= 11 is 0. The first-order chi connectivity index (χ1) is 15.9. The zero-order valence-electron chi connectivity index (χ0n) is 21.0. The number of hydrogen-bond acceptors (Lipinski definition) is 3. The molecule has 33 heavy (non-hydrogen) atoms. The predicted molar refractivity (Wildman–Crippen MR) is 134 cm³/mol. The lowest BCUT2D eigenvalue weighted by Crippen LogP contribution is -2.51. The van der Waals surface area contributed by atoms with Crippen LogP contribution in [0.25, 0.3) is 0 Å². The van der Waals surface area contributed by atoms with Crippen molar-refractivity contribution >= 4 is 11.8 Å². The highest BCUT2D eigenvalue weighted by Gasteiger charge is 2.59. The molecule has 4 aliphatic rings. The van der Waals surface area contributed by atoms with E-state index in [-0.39, 0.29) is 28.7 Å². The van der Waals surface area contributed by atoms with Crippen LogP contribution in [0.4, 0.5) is 0 Å². The Morgan fingerprint density at radius 3 is 2.61 bits per heavy atom. The van der Waals surface area contributed by atoms with Crippen molar-refractivity contribution in [2.45, 2.75) is 110 Å². The van der Waals surface area contributed by atoms with Crippen molar-refractivity contribution in [2.24, 2.45) is 28.6 Å². The van der Waals surface area contributed by atoms with E-state index in [1.165, 1.54) is 50.5 Å². The summed E-state index contributed by atoms with van der Waals surface area (Å²) in [5.74, 6) is 2.09. The van der Waals surface area contributed by atoms with Gasteiger partial charge in [0.25, 0.3) is 0 Å². The van der Waals surface area contributed by atoms with Gasteiger partial charge in [-0.3, -0.25) is 9.59 Å². The number of allylic oxidation sites excluding steroid dienone is 5. The van der Waals surface area contributed by atoms with Gasteiger partial charge in [-0.1, -0.05) is 57.3 Å². The Morgan fingerprint density at radius 1 is 1.06 bits per heavy atom. The smallest absolute Gasteiger partial charge is 0.306 e. The molecule has 0 unspecified atom stereocenters. The highest BCUT2D eigenvalue weighted by molar-refractivity contribution is 6.01. The molecule has 3 nitrogen and oxygen atoms in total. The zero-order chi connectivity index (χ0) is 23.5. The number of unbranched alkanes of at least 4 members (excludes halogenated alkanes) is 6. The summed E-state index contributed by atoms with van der Waals surface area (Å²) in [7, 11) is 0. The molecule has 0 radical (unpaired) electrons. The number of carbonyl (C=O) groups is 2. The van der Waals surface area contributed by atoms with Gasteiger partial charge in [0.05, 0.1) is 0 Å². The van der Waals surface area contributed by atoms with E-state index in [4.69, 9.17) is 4.74 Å². The van der Waals surface area contributed by atoms with Gasteiger partial charge in [-0.15, -0.1) is 6.58 Å². The quantitative estimate of drug-likeness (QED) is 0.196. The second kappa shape index (κ2) is 10.3. The van der Waals surface area contributed by atoms with E-state index in [0.717, 1.165) is 38.5 Å². The fraction of sp³-hybridized carbons (Fsp3) is 0.733. The van der Waals surface area contributed by atoms with Crippen LogP contribution in [0.15, 0.2) is 36.5 Å². The van der Waals surface area contributed by atoms with Gasteiger partial charge in [0, 0.05) is 17.3 Å². The van der Waals surface area contributed by atoms with E-state index in [0.29, 0.717) is 24.2 Å². The average molecular weight is 453 g/mol. The topological polar surface area (TPSA) is 43.4 Å².